The van der Waals surface area contributed by atoms with Crippen molar-refractivity contribution >= 4 is 23.6 Å². The first kappa shape index (κ1) is 20.2. The maximum Gasteiger partial charge on any atom is 0.331 e. The average molecular weight is 367 g/mol. The summed E-state index contributed by atoms with van der Waals surface area (Å²) < 4.78 is 10.1. The number of benzene rings is 2. The van der Waals surface area contributed by atoms with E-state index in [0.717, 1.165) is 12.0 Å². The molecule has 0 aliphatic heterocycles. The number of rotatable bonds is 8. The maximum atomic E-state index is 11.9. The lowest BCUT2D eigenvalue weighted by atomic mass is 9.99. The first-order chi connectivity index (χ1) is 13.0. The highest BCUT2D eigenvalue weighted by atomic mass is 16.5. The molecule has 2 rings (SSSR count). The van der Waals surface area contributed by atoms with E-state index in [4.69, 9.17) is 9.47 Å². The Hall–Kier alpha value is -3.08. The van der Waals surface area contributed by atoms with Gasteiger partial charge in [-0.05, 0) is 53.8 Å². The van der Waals surface area contributed by atoms with E-state index in [2.05, 4.69) is 19.2 Å². The molecule has 0 aromatic heterocycles. The fourth-order valence-corrected chi connectivity index (χ4v) is 2.42. The highest BCUT2D eigenvalue weighted by Crippen LogP contribution is 2.20. The first-order valence-corrected chi connectivity index (χ1v) is 8.90. The number of esters is 1. The van der Waals surface area contributed by atoms with Gasteiger partial charge in [0, 0.05) is 11.8 Å². The molecule has 5 heteroatoms. The van der Waals surface area contributed by atoms with Crippen LogP contribution in [0.3, 0.4) is 0 Å². The van der Waals surface area contributed by atoms with E-state index in [9.17, 15) is 9.59 Å². The second kappa shape index (κ2) is 10.2. The summed E-state index contributed by atoms with van der Waals surface area (Å²) in [5.41, 5.74) is 2.71. The molecule has 0 aliphatic carbocycles. The minimum atomic E-state index is -0.583. The molecular formula is C22H25NO4. The van der Waals surface area contributed by atoms with Crippen molar-refractivity contribution in [3.05, 3.63) is 65.7 Å². The zero-order valence-electron chi connectivity index (χ0n) is 15.9. The van der Waals surface area contributed by atoms with Crippen molar-refractivity contribution in [3.63, 3.8) is 0 Å². The van der Waals surface area contributed by atoms with E-state index < -0.39 is 5.97 Å². The highest BCUT2D eigenvalue weighted by molar-refractivity contribution is 5.94. The first-order valence-electron chi connectivity index (χ1n) is 8.90. The van der Waals surface area contributed by atoms with Crippen molar-refractivity contribution in [2.75, 3.05) is 19.0 Å². The molecule has 0 unspecified atom stereocenters. The third-order valence-corrected chi connectivity index (χ3v) is 4.23. The number of carbonyl (C=O) groups is 2. The number of carbonyl (C=O) groups excluding carboxylic acids is 2. The van der Waals surface area contributed by atoms with Crippen LogP contribution >= 0.6 is 0 Å². The zero-order valence-corrected chi connectivity index (χ0v) is 15.9. The Labute approximate surface area is 160 Å². The Balaban J connectivity index is 1.80. The van der Waals surface area contributed by atoms with Gasteiger partial charge in [-0.3, -0.25) is 4.79 Å². The molecule has 27 heavy (non-hydrogen) atoms. The van der Waals surface area contributed by atoms with E-state index >= 15 is 0 Å². The lowest BCUT2D eigenvalue weighted by Gasteiger charge is -2.10. The molecule has 0 aliphatic rings. The van der Waals surface area contributed by atoms with Gasteiger partial charge in [-0.2, -0.15) is 0 Å². The lowest BCUT2D eigenvalue weighted by molar-refractivity contribution is -0.142. The molecule has 0 radical (unpaired) electrons. The van der Waals surface area contributed by atoms with Crippen LogP contribution in [0.25, 0.3) is 6.08 Å². The van der Waals surface area contributed by atoms with Crippen LogP contribution in [-0.2, 0) is 14.3 Å². The smallest absolute Gasteiger partial charge is 0.331 e. The molecule has 0 bridgehead atoms. The van der Waals surface area contributed by atoms with Crippen LogP contribution in [-0.4, -0.2) is 25.6 Å². The fraction of sp³-hybridized carbons (Fsp3) is 0.273. The Morgan fingerprint density at radius 3 is 2.56 bits per heavy atom. The van der Waals surface area contributed by atoms with Gasteiger partial charge in [-0.15, -0.1) is 0 Å². The summed E-state index contributed by atoms with van der Waals surface area (Å²) in [5.74, 6) is 0.214. The SMILES string of the molecule is CC[C@@H](C)c1ccc(NC(=O)COC(=O)/C=C/c2cccc(OC)c2)cc1. The standard InChI is InChI=1S/C22H25NO4/c1-4-16(2)18-9-11-19(12-10-18)23-21(24)15-27-22(25)13-8-17-6-5-7-20(14-17)26-3/h5-14,16H,4,15H2,1-3H3,(H,23,24)/b13-8+/t16-/m1/s1. The van der Waals surface area contributed by atoms with E-state index in [-0.39, 0.29) is 12.5 Å². The average Bonchev–Trinajstić information content (AvgIpc) is 2.70. The van der Waals surface area contributed by atoms with Crippen molar-refractivity contribution in [1.82, 2.24) is 0 Å². The predicted octanol–water partition coefficient (Wildman–Crippen LogP) is 4.40. The molecule has 0 spiro atoms. The fourth-order valence-electron chi connectivity index (χ4n) is 2.42. The number of amides is 1. The Bertz CT molecular complexity index is 796. The van der Waals surface area contributed by atoms with E-state index in [0.29, 0.717) is 17.4 Å². The van der Waals surface area contributed by atoms with Crippen LogP contribution in [0, 0.1) is 0 Å². The van der Waals surface area contributed by atoms with Crippen LogP contribution in [0.4, 0.5) is 5.69 Å². The van der Waals surface area contributed by atoms with Gasteiger partial charge in [0.15, 0.2) is 6.61 Å². The van der Waals surface area contributed by atoms with Crippen molar-refractivity contribution in [3.8, 4) is 5.75 Å². The molecule has 5 nitrogen and oxygen atoms in total. The minimum Gasteiger partial charge on any atom is -0.497 e. The van der Waals surface area contributed by atoms with Crippen molar-refractivity contribution in [2.24, 2.45) is 0 Å². The number of hydrogen-bond donors (Lipinski definition) is 1. The van der Waals surface area contributed by atoms with E-state index in [1.54, 1.807) is 19.3 Å². The largest absolute Gasteiger partial charge is 0.497 e. The van der Waals surface area contributed by atoms with Gasteiger partial charge in [0.25, 0.3) is 5.91 Å². The van der Waals surface area contributed by atoms with Gasteiger partial charge in [-0.1, -0.05) is 38.1 Å². The summed E-state index contributed by atoms with van der Waals surface area (Å²) in [5, 5.41) is 2.71. The second-order valence-corrected chi connectivity index (χ2v) is 6.20. The molecule has 0 heterocycles. The van der Waals surface area contributed by atoms with Gasteiger partial charge >= 0.3 is 5.97 Å². The molecule has 1 atom stereocenters. The molecule has 142 valence electrons. The van der Waals surface area contributed by atoms with Crippen LogP contribution in [0.5, 0.6) is 5.75 Å². The van der Waals surface area contributed by atoms with Gasteiger partial charge in [0.05, 0.1) is 7.11 Å². The van der Waals surface area contributed by atoms with Crippen molar-refractivity contribution in [2.45, 2.75) is 26.2 Å². The van der Waals surface area contributed by atoms with Crippen molar-refractivity contribution < 1.29 is 19.1 Å². The van der Waals surface area contributed by atoms with Crippen LogP contribution in [0.15, 0.2) is 54.6 Å². The summed E-state index contributed by atoms with van der Waals surface area (Å²) in [7, 11) is 1.58. The summed E-state index contributed by atoms with van der Waals surface area (Å²) in [4.78, 5) is 23.7. The van der Waals surface area contributed by atoms with Gasteiger partial charge in [-0.25, -0.2) is 4.79 Å². The number of anilines is 1. The molecular weight excluding hydrogens is 342 g/mol. The number of nitrogens with one attached hydrogen (secondary N) is 1. The Morgan fingerprint density at radius 2 is 1.89 bits per heavy atom. The molecule has 0 saturated carbocycles. The molecule has 0 fully saturated rings. The summed E-state index contributed by atoms with van der Waals surface area (Å²) >= 11 is 0. The summed E-state index contributed by atoms with van der Waals surface area (Å²) in [6, 6.07) is 15.0. The minimum absolute atomic E-state index is 0.339. The third kappa shape index (κ3) is 6.62. The van der Waals surface area contributed by atoms with E-state index in [1.165, 1.54) is 11.6 Å². The lowest BCUT2D eigenvalue weighted by Crippen LogP contribution is -2.20. The van der Waals surface area contributed by atoms with Crippen molar-refractivity contribution in [1.29, 1.82) is 0 Å². The summed E-state index contributed by atoms with van der Waals surface area (Å²) in [6.07, 6.45) is 3.95. The maximum absolute atomic E-state index is 11.9. The quantitative estimate of drug-likeness (QED) is 0.555. The molecule has 0 saturated heterocycles. The van der Waals surface area contributed by atoms with Crippen LogP contribution < -0.4 is 10.1 Å². The zero-order chi connectivity index (χ0) is 19.6. The van der Waals surface area contributed by atoms with Gasteiger partial charge in [0.2, 0.25) is 0 Å². The van der Waals surface area contributed by atoms with Gasteiger partial charge < -0.3 is 14.8 Å². The normalized spacial score (nSPS) is 11.8. The molecule has 1 N–H and O–H groups in total. The molecule has 2 aromatic rings. The second-order valence-electron chi connectivity index (χ2n) is 6.20. The number of methoxy groups -OCH3 is 1. The molecule has 2 aromatic carbocycles. The number of hydrogen-bond acceptors (Lipinski definition) is 4. The molecule has 1 amide bonds. The topological polar surface area (TPSA) is 64.6 Å². The monoisotopic (exact) mass is 367 g/mol. The Morgan fingerprint density at radius 1 is 1.15 bits per heavy atom. The predicted molar refractivity (Wildman–Crippen MR) is 107 cm³/mol. The van der Waals surface area contributed by atoms with Crippen LogP contribution in [0.1, 0.15) is 37.3 Å². The van der Waals surface area contributed by atoms with Crippen LogP contribution in [0.2, 0.25) is 0 Å². The highest BCUT2D eigenvalue weighted by Gasteiger charge is 2.07. The summed E-state index contributed by atoms with van der Waals surface area (Å²) in [6.45, 7) is 3.96. The number of ether oxygens (including phenoxy) is 2. The Kier molecular flexibility index (Phi) is 7.62. The van der Waals surface area contributed by atoms with Gasteiger partial charge in [0.1, 0.15) is 5.75 Å². The van der Waals surface area contributed by atoms with E-state index in [1.807, 2.05) is 42.5 Å². The third-order valence-electron chi connectivity index (χ3n) is 4.23.